The van der Waals surface area contributed by atoms with E-state index >= 15 is 0 Å². The monoisotopic (exact) mass is 331 g/mol. The lowest BCUT2D eigenvalue weighted by Gasteiger charge is -2.27. The molecule has 19 heavy (non-hydrogen) atoms. The molecule has 0 saturated carbocycles. The number of nitrogens with zero attached hydrogens (tertiary/aromatic N) is 2. The zero-order valence-electron chi connectivity index (χ0n) is 12.4. The Morgan fingerprint density at radius 1 is 1.37 bits per heavy atom. The van der Waals surface area contributed by atoms with E-state index in [4.69, 9.17) is 4.74 Å². The van der Waals surface area contributed by atoms with E-state index in [0.717, 1.165) is 36.8 Å². The summed E-state index contributed by atoms with van der Waals surface area (Å²) < 4.78 is 8.79. The van der Waals surface area contributed by atoms with E-state index in [1.807, 2.05) is 6.20 Å². The number of hydrogen-bond acceptors (Lipinski definition) is 3. The lowest BCUT2D eigenvalue weighted by atomic mass is 10.0. The minimum Gasteiger partial charge on any atom is -0.379 e. The Labute approximate surface area is 125 Å². The SMILES string of the molecule is CCCNC(c1c(Br)cnn1CCC)C(CC)OC. The van der Waals surface area contributed by atoms with Crippen molar-refractivity contribution >= 4 is 15.9 Å². The van der Waals surface area contributed by atoms with E-state index < -0.39 is 0 Å². The molecule has 0 amide bonds. The number of nitrogens with one attached hydrogen (secondary N) is 1. The van der Waals surface area contributed by atoms with Gasteiger partial charge in [-0.3, -0.25) is 4.68 Å². The largest absolute Gasteiger partial charge is 0.379 e. The highest BCUT2D eigenvalue weighted by atomic mass is 79.9. The zero-order valence-corrected chi connectivity index (χ0v) is 14.0. The molecule has 0 radical (unpaired) electrons. The van der Waals surface area contributed by atoms with Crippen LogP contribution < -0.4 is 5.32 Å². The van der Waals surface area contributed by atoms with Crippen molar-refractivity contribution in [3.63, 3.8) is 0 Å². The number of halogens is 1. The molecule has 0 aromatic carbocycles. The summed E-state index contributed by atoms with van der Waals surface area (Å²) in [4.78, 5) is 0. The van der Waals surface area contributed by atoms with Crippen LogP contribution in [-0.4, -0.2) is 29.5 Å². The fourth-order valence-corrected chi connectivity index (χ4v) is 2.86. The second-order valence-electron chi connectivity index (χ2n) is 4.72. The standard InChI is InChI=1S/C14H26BrN3O/c1-5-8-16-13(12(7-3)19-4)14-11(15)10-17-18(14)9-6-2/h10,12-13,16H,5-9H2,1-4H3. The first-order valence-electron chi connectivity index (χ1n) is 7.16. The van der Waals surface area contributed by atoms with Crippen LogP contribution in [0.15, 0.2) is 10.7 Å². The van der Waals surface area contributed by atoms with E-state index in [2.05, 4.69) is 51.8 Å². The molecule has 2 unspecified atom stereocenters. The number of ether oxygens (including phenoxy) is 1. The fourth-order valence-electron chi connectivity index (χ4n) is 2.31. The maximum atomic E-state index is 5.65. The molecule has 4 nitrogen and oxygen atoms in total. The Balaban J connectivity index is 3.04. The lowest BCUT2D eigenvalue weighted by Crippen LogP contribution is -2.35. The van der Waals surface area contributed by atoms with E-state index in [0.29, 0.717) is 0 Å². The summed E-state index contributed by atoms with van der Waals surface area (Å²) in [5, 5.41) is 8.06. The van der Waals surface area contributed by atoms with Gasteiger partial charge in [-0.1, -0.05) is 20.8 Å². The number of rotatable bonds is 9. The smallest absolute Gasteiger partial charge is 0.0779 e. The highest BCUT2D eigenvalue weighted by Gasteiger charge is 2.26. The maximum absolute atomic E-state index is 5.65. The van der Waals surface area contributed by atoms with E-state index in [-0.39, 0.29) is 12.1 Å². The second-order valence-corrected chi connectivity index (χ2v) is 5.57. The van der Waals surface area contributed by atoms with Crippen LogP contribution in [0.5, 0.6) is 0 Å². The molecule has 1 aromatic rings. The van der Waals surface area contributed by atoms with Crippen molar-refractivity contribution in [3.05, 3.63) is 16.4 Å². The van der Waals surface area contributed by atoms with Gasteiger partial charge in [-0.05, 0) is 41.7 Å². The molecule has 110 valence electrons. The Hall–Kier alpha value is -0.390. The van der Waals surface area contributed by atoms with Gasteiger partial charge < -0.3 is 10.1 Å². The molecule has 0 aliphatic heterocycles. The molecular weight excluding hydrogens is 306 g/mol. The average Bonchev–Trinajstić information content (AvgIpc) is 2.76. The molecule has 2 atom stereocenters. The molecule has 0 saturated heterocycles. The molecule has 1 aromatic heterocycles. The molecular formula is C14H26BrN3O. The van der Waals surface area contributed by atoms with Gasteiger partial charge in [0.15, 0.2) is 0 Å². The van der Waals surface area contributed by atoms with Crippen molar-refractivity contribution in [1.82, 2.24) is 15.1 Å². The molecule has 0 bridgehead atoms. The van der Waals surface area contributed by atoms with Gasteiger partial charge in [-0.25, -0.2) is 0 Å². The molecule has 1 rings (SSSR count). The highest BCUT2D eigenvalue weighted by molar-refractivity contribution is 9.10. The summed E-state index contributed by atoms with van der Waals surface area (Å²) in [6.07, 6.45) is 5.20. The van der Waals surface area contributed by atoms with Crippen molar-refractivity contribution < 1.29 is 4.74 Å². The maximum Gasteiger partial charge on any atom is 0.0779 e. The molecule has 1 N–H and O–H groups in total. The van der Waals surface area contributed by atoms with E-state index in [1.54, 1.807) is 7.11 Å². The van der Waals surface area contributed by atoms with Crippen LogP contribution in [0.25, 0.3) is 0 Å². The van der Waals surface area contributed by atoms with Gasteiger partial charge in [0.05, 0.1) is 28.5 Å². The van der Waals surface area contributed by atoms with Gasteiger partial charge >= 0.3 is 0 Å². The average molecular weight is 332 g/mol. The predicted molar refractivity (Wildman–Crippen MR) is 82.3 cm³/mol. The van der Waals surface area contributed by atoms with E-state index in [1.165, 1.54) is 5.69 Å². The van der Waals surface area contributed by atoms with Crippen molar-refractivity contribution in [3.8, 4) is 0 Å². The number of aromatic nitrogens is 2. The van der Waals surface area contributed by atoms with Gasteiger partial charge in [0.1, 0.15) is 0 Å². The first-order valence-corrected chi connectivity index (χ1v) is 7.96. The summed E-state index contributed by atoms with van der Waals surface area (Å²) in [6, 6.07) is 0.179. The Bertz CT molecular complexity index is 364. The van der Waals surface area contributed by atoms with Crippen LogP contribution in [0.2, 0.25) is 0 Å². The predicted octanol–water partition coefficient (Wildman–Crippen LogP) is 3.52. The molecule has 0 fully saturated rings. The van der Waals surface area contributed by atoms with Crippen LogP contribution >= 0.6 is 15.9 Å². The van der Waals surface area contributed by atoms with Crippen molar-refractivity contribution in [2.75, 3.05) is 13.7 Å². The van der Waals surface area contributed by atoms with Gasteiger partial charge in [0.2, 0.25) is 0 Å². The van der Waals surface area contributed by atoms with Crippen LogP contribution in [-0.2, 0) is 11.3 Å². The molecule has 0 aliphatic carbocycles. The molecule has 0 spiro atoms. The van der Waals surface area contributed by atoms with Gasteiger partial charge in [0, 0.05) is 13.7 Å². The summed E-state index contributed by atoms with van der Waals surface area (Å²) in [5.41, 5.74) is 1.20. The van der Waals surface area contributed by atoms with Gasteiger partial charge in [-0.15, -0.1) is 0 Å². The summed E-state index contributed by atoms with van der Waals surface area (Å²) in [6.45, 7) is 8.42. The third-order valence-corrected chi connectivity index (χ3v) is 3.87. The number of aryl methyl sites for hydroxylation is 1. The van der Waals surface area contributed by atoms with Crippen LogP contribution in [0.4, 0.5) is 0 Å². The minimum absolute atomic E-state index is 0.162. The Morgan fingerprint density at radius 2 is 2.11 bits per heavy atom. The second kappa shape index (κ2) is 8.72. The molecule has 1 heterocycles. The third kappa shape index (κ3) is 4.29. The topological polar surface area (TPSA) is 39.1 Å². The van der Waals surface area contributed by atoms with Gasteiger partial charge in [0.25, 0.3) is 0 Å². The lowest BCUT2D eigenvalue weighted by molar-refractivity contribution is 0.0619. The first-order chi connectivity index (χ1) is 9.19. The van der Waals surface area contributed by atoms with Crippen LogP contribution in [0, 0.1) is 0 Å². The normalized spacial score (nSPS) is 14.6. The summed E-state index contributed by atoms with van der Waals surface area (Å²) in [5.74, 6) is 0. The minimum atomic E-state index is 0.162. The zero-order chi connectivity index (χ0) is 14.3. The quantitative estimate of drug-likeness (QED) is 0.752. The van der Waals surface area contributed by atoms with Crippen LogP contribution in [0.1, 0.15) is 51.8 Å². The Kier molecular flexibility index (Phi) is 7.64. The summed E-state index contributed by atoms with van der Waals surface area (Å²) >= 11 is 3.63. The van der Waals surface area contributed by atoms with Crippen LogP contribution in [0.3, 0.4) is 0 Å². The highest BCUT2D eigenvalue weighted by Crippen LogP contribution is 2.28. The number of methoxy groups -OCH3 is 1. The fraction of sp³-hybridized carbons (Fsp3) is 0.786. The molecule has 0 aliphatic rings. The van der Waals surface area contributed by atoms with Crippen molar-refractivity contribution in [1.29, 1.82) is 0 Å². The third-order valence-electron chi connectivity index (χ3n) is 3.25. The molecule has 5 heteroatoms. The first kappa shape index (κ1) is 16.7. The summed E-state index contributed by atoms with van der Waals surface area (Å²) in [7, 11) is 1.78. The van der Waals surface area contributed by atoms with Crippen molar-refractivity contribution in [2.45, 2.75) is 58.7 Å². The van der Waals surface area contributed by atoms with E-state index in [9.17, 15) is 0 Å². The Morgan fingerprint density at radius 3 is 2.63 bits per heavy atom. The van der Waals surface area contributed by atoms with Gasteiger partial charge in [-0.2, -0.15) is 5.10 Å². The number of hydrogen-bond donors (Lipinski definition) is 1. The van der Waals surface area contributed by atoms with Crippen molar-refractivity contribution in [2.24, 2.45) is 0 Å².